The Kier molecular flexibility index (Phi) is 4.06. The van der Waals surface area contributed by atoms with Crippen molar-refractivity contribution in [3.05, 3.63) is 18.5 Å². The smallest absolute Gasteiger partial charge is 0.154 e. The molecule has 2 heterocycles. The van der Waals surface area contributed by atoms with E-state index in [9.17, 15) is 8.42 Å². The Morgan fingerprint density at radius 3 is 2.67 bits per heavy atom. The van der Waals surface area contributed by atoms with Gasteiger partial charge >= 0.3 is 0 Å². The molecule has 0 saturated carbocycles. The molecular weight excluding hydrogens is 250 g/mol. The number of aromatic nitrogens is 1. The van der Waals surface area contributed by atoms with Gasteiger partial charge in [-0.2, -0.15) is 0 Å². The number of anilines is 2. The molecule has 0 spiro atoms. The Labute approximate surface area is 108 Å². The topological polar surface area (TPSA) is 71.1 Å². The number of nitrogens with one attached hydrogen (secondary N) is 2. The van der Waals surface area contributed by atoms with Crippen molar-refractivity contribution in [1.82, 2.24) is 4.98 Å². The average Bonchev–Trinajstić information content (AvgIpc) is 2.67. The number of nitrogens with zero attached hydrogens (tertiary/aromatic N) is 1. The minimum absolute atomic E-state index is 0.250. The van der Waals surface area contributed by atoms with Crippen LogP contribution in [0, 0.1) is 0 Å². The van der Waals surface area contributed by atoms with Crippen LogP contribution >= 0.6 is 0 Å². The van der Waals surface area contributed by atoms with Gasteiger partial charge in [-0.15, -0.1) is 0 Å². The third-order valence-electron chi connectivity index (χ3n) is 3.12. The van der Waals surface area contributed by atoms with E-state index in [1.807, 2.05) is 13.0 Å². The third kappa shape index (κ3) is 3.13. The molecule has 6 heteroatoms. The quantitative estimate of drug-likeness (QED) is 0.847. The van der Waals surface area contributed by atoms with Crippen LogP contribution < -0.4 is 10.6 Å². The maximum atomic E-state index is 11.7. The zero-order valence-electron chi connectivity index (χ0n) is 10.5. The van der Waals surface area contributed by atoms with E-state index in [0.717, 1.165) is 30.8 Å². The lowest BCUT2D eigenvalue weighted by Gasteiger charge is -2.12. The van der Waals surface area contributed by atoms with Crippen LogP contribution in [0.3, 0.4) is 0 Å². The minimum Gasteiger partial charge on any atom is -0.384 e. The van der Waals surface area contributed by atoms with Crippen LogP contribution in [-0.4, -0.2) is 37.5 Å². The molecule has 1 unspecified atom stereocenters. The van der Waals surface area contributed by atoms with Gasteiger partial charge in [0, 0.05) is 13.1 Å². The van der Waals surface area contributed by atoms with Crippen molar-refractivity contribution < 1.29 is 8.42 Å². The highest BCUT2D eigenvalue weighted by Crippen LogP contribution is 2.21. The number of pyridine rings is 1. The summed E-state index contributed by atoms with van der Waals surface area (Å²) in [4.78, 5) is 4.11. The second-order valence-corrected chi connectivity index (χ2v) is 6.91. The van der Waals surface area contributed by atoms with Crippen molar-refractivity contribution in [1.29, 1.82) is 0 Å². The summed E-state index contributed by atoms with van der Waals surface area (Å²) < 4.78 is 23.4. The summed E-state index contributed by atoms with van der Waals surface area (Å²) in [6.45, 7) is 3.33. The fraction of sp³-hybridized carbons (Fsp3) is 0.583. The summed E-state index contributed by atoms with van der Waals surface area (Å²) >= 11 is 0. The van der Waals surface area contributed by atoms with Gasteiger partial charge < -0.3 is 10.6 Å². The lowest BCUT2D eigenvalue weighted by molar-refractivity contribution is 0.591. The number of hydrogen-bond acceptors (Lipinski definition) is 5. The fourth-order valence-corrected chi connectivity index (χ4v) is 3.92. The molecule has 5 nitrogen and oxygen atoms in total. The Hall–Kier alpha value is -1.30. The molecule has 100 valence electrons. The number of rotatable bonds is 5. The van der Waals surface area contributed by atoms with Crippen molar-refractivity contribution in [2.75, 3.05) is 29.5 Å². The summed E-state index contributed by atoms with van der Waals surface area (Å²) in [6.07, 6.45) is 5.00. The van der Waals surface area contributed by atoms with Crippen LogP contribution in [-0.2, 0) is 9.84 Å². The van der Waals surface area contributed by atoms with Crippen LogP contribution in [0.5, 0.6) is 0 Å². The van der Waals surface area contributed by atoms with Crippen LogP contribution in [0.4, 0.5) is 11.4 Å². The predicted molar refractivity (Wildman–Crippen MR) is 73.7 cm³/mol. The largest absolute Gasteiger partial charge is 0.384 e. The van der Waals surface area contributed by atoms with E-state index in [4.69, 9.17) is 0 Å². The van der Waals surface area contributed by atoms with E-state index < -0.39 is 9.84 Å². The fourth-order valence-electron chi connectivity index (χ4n) is 2.16. The monoisotopic (exact) mass is 269 g/mol. The third-order valence-corrected chi connectivity index (χ3v) is 5.39. The van der Waals surface area contributed by atoms with Crippen molar-refractivity contribution in [2.45, 2.75) is 25.0 Å². The summed E-state index contributed by atoms with van der Waals surface area (Å²) in [5, 5.41) is 6.08. The van der Waals surface area contributed by atoms with Gasteiger partial charge in [-0.1, -0.05) is 0 Å². The van der Waals surface area contributed by atoms with Crippen molar-refractivity contribution >= 4 is 21.2 Å². The van der Waals surface area contributed by atoms with E-state index >= 15 is 0 Å². The standard InChI is InChI=1S/C12H19N3O2S/c1-2-14-10-6-11(8-13-7-10)15-9-12-4-3-5-18(12,16)17/h6-8,12,14-15H,2-5,9H2,1H3. The molecule has 18 heavy (non-hydrogen) atoms. The molecule has 0 bridgehead atoms. The van der Waals surface area contributed by atoms with E-state index in [-0.39, 0.29) is 5.25 Å². The highest BCUT2D eigenvalue weighted by atomic mass is 32.2. The highest BCUT2D eigenvalue weighted by Gasteiger charge is 2.30. The molecule has 0 amide bonds. The van der Waals surface area contributed by atoms with E-state index in [0.29, 0.717) is 12.3 Å². The van der Waals surface area contributed by atoms with Crippen LogP contribution in [0.1, 0.15) is 19.8 Å². The highest BCUT2D eigenvalue weighted by molar-refractivity contribution is 7.92. The summed E-state index contributed by atoms with van der Waals surface area (Å²) in [7, 11) is -2.88. The maximum absolute atomic E-state index is 11.7. The van der Waals surface area contributed by atoms with Gasteiger partial charge in [0.1, 0.15) is 0 Å². The Morgan fingerprint density at radius 1 is 1.33 bits per heavy atom. The van der Waals surface area contributed by atoms with Crippen LogP contribution in [0.25, 0.3) is 0 Å². The van der Waals surface area contributed by atoms with Crippen molar-refractivity contribution in [3.63, 3.8) is 0 Å². The Bertz CT molecular complexity index is 502. The zero-order valence-corrected chi connectivity index (χ0v) is 11.3. The Balaban J connectivity index is 1.96. The molecule has 1 saturated heterocycles. The molecule has 2 N–H and O–H groups in total. The lowest BCUT2D eigenvalue weighted by atomic mass is 10.2. The van der Waals surface area contributed by atoms with Crippen LogP contribution in [0.2, 0.25) is 0 Å². The van der Waals surface area contributed by atoms with Gasteiger partial charge in [0.15, 0.2) is 9.84 Å². The second kappa shape index (κ2) is 5.56. The van der Waals surface area contributed by atoms with Gasteiger partial charge in [-0.3, -0.25) is 4.98 Å². The molecule has 1 fully saturated rings. The molecule has 1 aliphatic rings. The van der Waals surface area contributed by atoms with Gasteiger partial charge in [-0.05, 0) is 25.8 Å². The maximum Gasteiger partial charge on any atom is 0.154 e. The normalized spacial score (nSPS) is 21.7. The molecule has 2 rings (SSSR count). The molecule has 1 aliphatic heterocycles. The number of sulfone groups is 1. The molecular formula is C12H19N3O2S. The molecule has 1 aromatic heterocycles. The SMILES string of the molecule is CCNc1cncc(NCC2CCCS2(=O)=O)c1. The first-order valence-corrected chi connectivity index (χ1v) is 7.97. The average molecular weight is 269 g/mol. The predicted octanol–water partition coefficient (Wildman–Crippen LogP) is 1.50. The first kappa shape index (κ1) is 13.1. The first-order chi connectivity index (χ1) is 8.62. The van der Waals surface area contributed by atoms with E-state index in [2.05, 4.69) is 15.6 Å². The summed E-state index contributed by atoms with van der Waals surface area (Å²) in [5.41, 5.74) is 1.80. The summed E-state index contributed by atoms with van der Waals surface area (Å²) in [6, 6.07) is 1.94. The molecule has 0 radical (unpaired) electrons. The second-order valence-electron chi connectivity index (χ2n) is 4.50. The first-order valence-electron chi connectivity index (χ1n) is 6.26. The van der Waals surface area contributed by atoms with Crippen molar-refractivity contribution in [3.8, 4) is 0 Å². The molecule has 0 aliphatic carbocycles. The molecule has 1 atom stereocenters. The minimum atomic E-state index is -2.88. The summed E-state index contributed by atoms with van der Waals surface area (Å²) in [5.74, 6) is 0.328. The Morgan fingerprint density at radius 2 is 2.06 bits per heavy atom. The zero-order chi connectivity index (χ0) is 13.0. The van der Waals surface area contributed by atoms with Gasteiger partial charge in [0.2, 0.25) is 0 Å². The van der Waals surface area contributed by atoms with E-state index in [1.165, 1.54) is 0 Å². The van der Waals surface area contributed by atoms with Gasteiger partial charge in [-0.25, -0.2) is 8.42 Å². The number of hydrogen-bond donors (Lipinski definition) is 2. The molecule has 1 aromatic rings. The van der Waals surface area contributed by atoms with Crippen LogP contribution in [0.15, 0.2) is 18.5 Å². The lowest BCUT2D eigenvalue weighted by Crippen LogP contribution is -2.25. The van der Waals surface area contributed by atoms with Gasteiger partial charge in [0.25, 0.3) is 0 Å². The van der Waals surface area contributed by atoms with Gasteiger partial charge in [0.05, 0.1) is 34.8 Å². The van der Waals surface area contributed by atoms with Crippen molar-refractivity contribution in [2.24, 2.45) is 0 Å². The van der Waals surface area contributed by atoms with E-state index in [1.54, 1.807) is 12.4 Å². The molecule has 0 aromatic carbocycles.